The van der Waals surface area contributed by atoms with Gasteiger partial charge in [-0.2, -0.15) is 0 Å². The molecule has 0 aliphatic carbocycles. The first kappa shape index (κ1) is 12.0. The number of para-hydroxylation sites is 1. The van der Waals surface area contributed by atoms with Gasteiger partial charge in [0, 0.05) is 6.07 Å². The van der Waals surface area contributed by atoms with Crippen LogP contribution in [-0.2, 0) is 0 Å². The molecule has 4 heteroatoms. The van der Waals surface area contributed by atoms with Gasteiger partial charge in [-0.3, -0.25) is 0 Å². The molecule has 2 aromatic carbocycles. The molecule has 84 valence electrons. The van der Waals surface area contributed by atoms with Crippen LogP contribution in [0.4, 0.5) is 14.5 Å². The number of rotatable bonds is 0. The van der Waals surface area contributed by atoms with Crippen LogP contribution in [0, 0.1) is 11.6 Å². The summed E-state index contributed by atoms with van der Waals surface area (Å²) in [6.07, 6.45) is 0. The molecule has 0 fully saturated rings. The third kappa shape index (κ3) is 3.96. The van der Waals surface area contributed by atoms with E-state index in [1.807, 2.05) is 6.07 Å². The normalized spacial score (nSPS) is 9.12. The van der Waals surface area contributed by atoms with Gasteiger partial charge >= 0.3 is 0 Å². The summed E-state index contributed by atoms with van der Waals surface area (Å²) in [5.74, 6) is -1.00. The molecule has 2 rings (SSSR count). The molecule has 0 aromatic heterocycles. The third-order valence-corrected chi connectivity index (χ3v) is 1.72. The van der Waals surface area contributed by atoms with Crippen LogP contribution in [-0.4, -0.2) is 5.11 Å². The topological polar surface area (TPSA) is 46.2 Å². The second-order valence-electron chi connectivity index (χ2n) is 3.00. The summed E-state index contributed by atoms with van der Waals surface area (Å²) in [6.45, 7) is 0. The van der Waals surface area contributed by atoms with Crippen LogP contribution in [0.3, 0.4) is 0 Å². The predicted octanol–water partition coefficient (Wildman–Crippen LogP) is 2.94. The molecule has 0 unspecified atom stereocenters. The molecular formula is C12H11F2NO. The Balaban J connectivity index is 0.000000165. The van der Waals surface area contributed by atoms with Crippen molar-refractivity contribution in [2.75, 3.05) is 5.73 Å². The molecular weight excluding hydrogens is 212 g/mol. The van der Waals surface area contributed by atoms with E-state index in [4.69, 9.17) is 10.8 Å². The van der Waals surface area contributed by atoms with Gasteiger partial charge in [0.1, 0.15) is 17.4 Å². The number of hydrogen-bond donors (Lipinski definition) is 2. The Morgan fingerprint density at radius 2 is 1.56 bits per heavy atom. The summed E-state index contributed by atoms with van der Waals surface area (Å²) in [5, 5.41) is 8.63. The summed E-state index contributed by atoms with van der Waals surface area (Å²) < 4.78 is 24.3. The van der Waals surface area contributed by atoms with Gasteiger partial charge in [-0.05, 0) is 24.3 Å². The molecule has 0 atom stereocenters. The van der Waals surface area contributed by atoms with Gasteiger partial charge in [0.25, 0.3) is 0 Å². The summed E-state index contributed by atoms with van der Waals surface area (Å²) >= 11 is 0. The maximum absolute atomic E-state index is 12.2. The molecule has 0 bridgehead atoms. The van der Waals surface area contributed by atoms with E-state index >= 15 is 0 Å². The van der Waals surface area contributed by atoms with Crippen LogP contribution in [0.1, 0.15) is 0 Å². The Labute approximate surface area is 92.0 Å². The van der Waals surface area contributed by atoms with Gasteiger partial charge in [0.2, 0.25) is 0 Å². The zero-order valence-corrected chi connectivity index (χ0v) is 8.40. The lowest BCUT2D eigenvalue weighted by Gasteiger charge is -1.92. The van der Waals surface area contributed by atoms with Crippen molar-refractivity contribution in [2.24, 2.45) is 0 Å². The SMILES string of the molecule is Nc1ccc(F)cc1F.Oc1ccccc1. The van der Waals surface area contributed by atoms with Gasteiger partial charge in [-0.25, -0.2) is 8.78 Å². The number of benzene rings is 2. The van der Waals surface area contributed by atoms with E-state index in [0.29, 0.717) is 5.75 Å². The van der Waals surface area contributed by atoms with Crippen LogP contribution < -0.4 is 5.73 Å². The van der Waals surface area contributed by atoms with E-state index in [1.165, 1.54) is 6.07 Å². The Morgan fingerprint density at radius 3 is 1.94 bits per heavy atom. The van der Waals surface area contributed by atoms with E-state index < -0.39 is 11.6 Å². The number of phenolic OH excluding ortho intramolecular Hbond substituents is 1. The van der Waals surface area contributed by atoms with E-state index in [-0.39, 0.29) is 5.69 Å². The lowest BCUT2D eigenvalue weighted by molar-refractivity contribution is 0.475. The number of nitrogens with two attached hydrogens (primary N) is 1. The van der Waals surface area contributed by atoms with Crippen LogP contribution in [0.15, 0.2) is 48.5 Å². The number of hydrogen-bond acceptors (Lipinski definition) is 2. The highest BCUT2D eigenvalue weighted by Gasteiger charge is 1.96. The summed E-state index contributed by atoms with van der Waals surface area (Å²) in [7, 11) is 0. The molecule has 0 amide bonds. The van der Waals surface area contributed by atoms with Crippen molar-refractivity contribution < 1.29 is 13.9 Å². The summed E-state index contributed by atoms with van der Waals surface area (Å²) in [6, 6.07) is 11.8. The third-order valence-electron chi connectivity index (χ3n) is 1.72. The molecule has 0 aliphatic heterocycles. The Kier molecular flexibility index (Phi) is 4.27. The summed E-state index contributed by atoms with van der Waals surface area (Å²) in [4.78, 5) is 0. The quantitative estimate of drug-likeness (QED) is 0.674. The number of halogens is 2. The molecule has 16 heavy (non-hydrogen) atoms. The minimum Gasteiger partial charge on any atom is -0.508 e. The fourth-order valence-corrected chi connectivity index (χ4v) is 0.929. The van der Waals surface area contributed by atoms with E-state index in [1.54, 1.807) is 24.3 Å². The van der Waals surface area contributed by atoms with Gasteiger partial charge in [-0.1, -0.05) is 18.2 Å². The van der Waals surface area contributed by atoms with Crippen molar-refractivity contribution in [2.45, 2.75) is 0 Å². The molecule has 2 nitrogen and oxygen atoms in total. The lowest BCUT2D eigenvalue weighted by atomic mass is 10.3. The Morgan fingerprint density at radius 1 is 0.938 bits per heavy atom. The smallest absolute Gasteiger partial charge is 0.148 e. The molecule has 0 spiro atoms. The minimum absolute atomic E-state index is 0.0311. The van der Waals surface area contributed by atoms with Gasteiger partial charge in [0.15, 0.2) is 0 Å². The van der Waals surface area contributed by atoms with E-state index in [9.17, 15) is 8.78 Å². The van der Waals surface area contributed by atoms with Crippen LogP contribution in [0.5, 0.6) is 5.75 Å². The van der Waals surface area contributed by atoms with Crippen molar-refractivity contribution in [3.05, 3.63) is 60.2 Å². The first-order chi connectivity index (χ1) is 7.59. The second kappa shape index (κ2) is 5.70. The highest BCUT2D eigenvalue weighted by atomic mass is 19.1. The molecule has 0 saturated carbocycles. The van der Waals surface area contributed by atoms with E-state index in [0.717, 1.165) is 12.1 Å². The fraction of sp³-hybridized carbons (Fsp3) is 0. The van der Waals surface area contributed by atoms with Crippen molar-refractivity contribution in [1.29, 1.82) is 0 Å². The van der Waals surface area contributed by atoms with Crippen molar-refractivity contribution in [3.63, 3.8) is 0 Å². The Bertz CT molecular complexity index is 446. The van der Waals surface area contributed by atoms with Crippen LogP contribution >= 0.6 is 0 Å². The zero-order chi connectivity index (χ0) is 12.0. The van der Waals surface area contributed by atoms with E-state index in [2.05, 4.69) is 0 Å². The highest BCUT2D eigenvalue weighted by molar-refractivity contribution is 5.38. The monoisotopic (exact) mass is 223 g/mol. The summed E-state index contributed by atoms with van der Waals surface area (Å²) in [5.41, 5.74) is 5.02. The molecule has 0 heterocycles. The minimum atomic E-state index is -0.713. The van der Waals surface area contributed by atoms with Crippen molar-refractivity contribution in [3.8, 4) is 5.75 Å². The standard InChI is InChI=1S/C6H5F2N.C6H6O/c7-4-1-2-6(9)5(8)3-4;7-6-4-2-1-3-5-6/h1-3H,9H2;1-5,7H. The predicted molar refractivity (Wildman–Crippen MR) is 58.9 cm³/mol. The maximum Gasteiger partial charge on any atom is 0.148 e. The zero-order valence-electron chi connectivity index (χ0n) is 8.40. The molecule has 0 saturated heterocycles. The molecule has 0 aliphatic rings. The van der Waals surface area contributed by atoms with Gasteiger partial charge in [-0.15, -0.1) is 0 Å². The second-order valence-corrected chi connectivity index (χ2v) is 3.00. The van der Waals surface area contributed by atoms with Crippen molar-refractivity contribution >= 4 is 5.69 Å². The number of aromatic hydroxyl groups is 1. The number of phenols is 1. The maximum atomic E-state index is 12.2. The number of nitrogen functional groups attached to an aromatic ring is 1. The van der Waals surface area contributed by atoms with Gasteiger partial charge in [0.05, 0.1) is 5.69 Å². The average molecular weight is 223 g/mol. The largest absolute Gasteiger partial charge is 0.508 e. The van der Waals surface area contributed by atoms with Crippen molar-refractivity contribution in [1.82, 2.24) is 0 Å². The van der Waals surface area contributed by atoms with Gasteiger partial charge < -0.3 is 10.8 Å². The molecule has 0 radical (unpaired) electrons. The average Bonchev–Trinajstić information content (AvgIpc) is 2.26. The lowest BCUT2D eigenvalue weighted by Crippen LogP contribution is -1.89. The first-order valence-electron chi connectivity index (χ1n) is 4.54. The number of anilines is 1. The molecule has 3 N–H and O–H groups in total. The fourth-order valence-electron chi connectivity index (χ4n) is 0.929. The highest BCUT2D eigenvalue weighted by Crippen LogP contribution is 2.09. The van der Waals surface area contributed by atoms with Crippen LogP contribution in [0.2, 0.25) is 0 Å². The Hall–Kier alpha value is -2.10. The first-order valence-corrected chi connectivity index (χ1v) is 4.54. The molecule has 2 aromatic rings. The van der Waals surface area contributed by atoms with Crippen LogP contribution in [0.25, 0.3) is 0 Å².